The second-order valence-electron chi connectivity index (χ2n) is 7.43. The van der Waals surface area contributed by atoms with Crippen LogP contribution in [0.3, 0.4) is 0 Å². The van der Waals surface area contributed by atoms with Crippen LogP contribution < -0.4 is 4.74 Å². The summed E-state index contributed by atoms with van der Waals surface area (Å²) in [5.41, 5.74) is 5.64. The van der Waals surface area contributed by atoms with Gasteiger partial charge in [-0.25, -0.2) is 0 Å². The fraction of sp³-hybridized carbons (Fsp3) is 0.167. The Labute approximate surface area is 178 Å². The van der Waals surface area contributed by atoms with E-state index in [9.17, 15) is 4.79 Å². The van der Waals surface area contributed by atoms with Crippen LogP contribution in [0.5, 0.6) is 5.75 Å². The molecule has 1 aliphatic rings. The molecule has 1 atom stereocenters. The van der Waals surface area contributed by atoms with Crippen molar-refractivity contribution in [1.82, 2.24) is 15.1 Å². The lowest BCUT2D eigenvalue weighted by Gasteiger charge is -2.25. The second kappa shape index (κ2) is 7.46. The summed E-state index contributed by atoms with van der Waals surface area (Å²) in [5, 5.41) is 9.60. The Morgan fingerprint density at radius 1 is 1.10 bits per heavy atom. The van der Waals surface area contributed by atoms with Crippen LogP contribution in [-0.4, -0.2) is 28.1 Å². The van der Waals surface area contributed by atoms with Gasteiger partial charge in [-0.15, -0.1) is 11.3 Å². The van der Waals surface area contributed by atoms with E-state index in [-0.39, 0.29) is 11.9 Å². The van der Waals surface area contributed by atoms with Crippen LogP contribution in [-0.2, 0) is 6.54 Å². The van der Waals surface area contributed by atoms with Gasteiger partial charge in [0.1, 0.15) is 11.4 Å². The van der Waals surface area contributed by atoms with E-state index in [0.29, 0.717) is 12.2 Å². The SMILES string of the molecule is COc1ccc(CN2C(=O)c3[nH]nc(-c4ccc(C)cc4)c3C2c2cccs2)cc1. The number of ether oxygens (including phenoxy) is 1. The number of nitrogens with one attached hydrogen (secondary N) is 1. The number of methoxy groups -OCH3 is 1. The van der Waals surface area contributed by atoms with Crippen LogP contribution in [0.25, 0.3) is 11.3 Å². The van der Waals surface area contributed by atoms with Gasteiger partial charge in [0.2, 0.25) is 0 Å². The van der Waals surface area contributed by atoms with Crippen molar-refractivity contribution in [3.05, 3.63) is 93.3 Å². The molecule has 1 amide bonds. The average Bonchev–Trinajstić information content (AvgIpc) is 3.49. The minimum Gasteiger partial charge on any atom is -0.497 e. The molecule has 2 aromatic heterocycles. The van der Waals surface area contributed by atoms with Gasteiger partial charge in [0.05, 0.1) is 18.8 Å². The fourth-order valence-electron chi connectivity index (χ4n) is 3.96. The topological polar surface area (TPSA) is 58.2 Å². The fourth-order valence-corrected chi connectivity index (χ4v) is 4.81. The van der Waals surface area contributed by atoms with Gasteiger partial charge in [0.15, 0.2) is 0 Å². The first-order valence-corrected chi connectivity index (χ1v) is 10.7. The maximum absolute atomic E-state index is 13.4. The van der Waals surface area contributed by atoms with E-state index in [0.717, 1.165) is 33.0 Å². The monoisotopic (exact) mass is 415 g/mol. The molecule has 0 aliphatic carbocycles. The van der Waals surface area contributed by atoms with Gasteiger partial charge >= 0.3 is 0 Å². The number of fused-ring (bicyclic) bond motifs is 1. The number of H-pyrrole nitrogens is 1. The highest BCUT2D eigenvalue weighted by atomic mass is 32.1. The molecule has 0 radical (unpaired) electrons. The van der Waals surface area contributed by atoms with E-state index in [1.54, 1.807) is 18.4 Å². The number of aromatic amines is 1. The number of aryl methyl sites for hydroxylation is 1. The first-order valence-electron chi connectivity index (χ1n) is 9.78. The summed E-state index contributed by atoms with van der Waals surface area (Å²) in [6.45, 7) is 2.58. The summed E-state index contributed by atoms with van der Waals surface area (Å²) in [5.74, 6) is 0.780. The number of hydrogen-bond acceptors (Lipinski definition) is 4. The van der Waals surface area contributed by atoms with Crippen molar-refractivity contribution in [3.63, 3.8) is 0 Å². The molecule has 6 heteroatoms. The second-order valence-corrected chi connectivity index (χ2v) is 8.41. The average molecular weight is 416 g/mol. The highest BCUT2D eigenvalue weighted by Crippen LogP contribution is 2.44. The number of carbonyl (C=O) groups is 1. The lowest BCUT2D eigenvalue weighted by Crippen LogP contribution is -2.28. The number of hydrogen-bond donors (Lipinski definition) is 1. The minimum atomic E-state index is -0.162. The molecule has 3 heterocycles. The number of aromatic nitrogens is 2. The van der Waals surface area contributed by atoms with Crippen LogP contribution >= 0.6 is 11.3 Å². The van der Waals surface area contributed by atoms with Gasteiger partial charge in [-0.3, -0.25) is 9.89 Å². The van der Waals surface area contributed by atoms with E-state index in [1.165, 1.54) is 5.56 Å². The van der Waals surface area contributed by atoms with Crippen LogP contribution in [0, 0.1) is 6.92 Å². The van der Waals surface area contributed by atoms with Crippen molar-refractivity contribution in [2.45, 2.75) is 19.5 Å². The Kier molecular flexibility index (Phi) is 4.64. The summed E-state index contributed by atoms with van der Waals surface area (Å²) >= 11 is 1.66. The van der Waals surface area contributed by atoms with Gasteiger partial charge in [-0.05, 0) is 36.1 Å². The molecular formula is C24H21N3O2S. The van der Waals surface area contributed by atoms with Crippen molar-refractivity contribution in [2.75, 3.05) is 7.11 Å². The molecule has 30 heavy (non-hydrogen) atoms. The Hall–Kier alpha value is -3.38. The van der Waals surface area contributed by atoms with Gasteiger partial charge in [0.25, 0.3) is 5.91 Å². The van der Waals surface area contributed by atoms with Gasteiger partial charge < -0.3 is 9.64 Å². The highest BCUT2D eigenvalue weighted by molar-refractivity contribution is 7.10. The summed E-state index contributed by atoms with van der Waals surface area (Å²) in [6, 6.07) is 20.1. The third-order valence-electron chi connectivity index (χ3n) is 5.51. The van der Waals surface area contributed by atoms with Crippen LogP contribution in [0.2, 0.25) is 0 Å². The normalized spacial score (nSPS) is 15.5. The van der Waals surface area contributed by atoms with E-state index in [2.05, 4.69) is 52.8 Å². The van der Waals surface area contributed by atoms with Crippen LogP contribution in [0.1, 0.15) is 38.1 Å². The molecule has 5 nitrogen and oxygen atoms in total. The maximum atomic E-state index is 13.4. The standard InChI is InChI=1S/C24H21N3O2S/c1-15-5-9-17(10-6-15)21-20-22(26-25-21)24(28)27(23(20)19-4-3-13-30-19)14-16-7-11-18(29-2)12-8-16/h3-13,23H,14H2,1-2H3,(H,25,26). The zero-order chi connectivity index (χ0) is 20.7. The maximum Gasteiger partial charge on any atom is 0.273 e. The van der Waals surface area contributed by atoms with Crippen molar-refractivity contribution >= 4 is 17.2 Å². The Bertz CT molecular complexity index is 1180. The van der Waals surface area contributed by atoms with Gasteiger partial charge in [-0.2, -0.15) is 5.10 Å². The largest absolute Gasteiger partial charge is 0.497 e. The molecule has 1 N–H and O–H groups in total. The summed E-state index contributed by atoms with van der Waals surface area (Å²) < 4.78 is 5.26. The molecule has 0 saturated heterocycles. The predicted molar refractivity (Wildman–Crippen MR) is 118 cm³/mol. The van der Waals surface area contributed by atoms with Gasteiger partial charge in [-0.1, -0.05) is 48.0 Å². The van der Waals surface area contributed by atoms with Crippen LogP contribution in [0.15, 0.2) is 66.0 Å². The summed E-state index contributed by atoms with van der Waals surface area (Å²) in [6.07, 6.45) is 0. The quantitative estimate of drug-likeness (QED) is 0.487. The van der Waals surface area contributed by atoms with Crippen molar-refractivity contribution < 1.29 is 9.53 Å². The molecule has 2 aromatic carbocycles. The number of benzene rings is 2. The molecule has 1 aliphatic heterocycles. The zero-order valence-corrected chi connectivity index (χ0v) is 17.6. The number of amides is 1. The lowest BCUT2D eigenvalue weighted by molar-refractivity contribution is 0.0732. The Balaban J connectivity index is 1.58. The smallest absolute Gasteiger partial charge is 0.273 e. The lowest BCUT2D eigenvalue weighted by atomic mass is 10.00. The van der Waals surface area contributed by atoms with Crippen LogP contribution in [0.4, 0.5) is 0 Å². The van der Waals surface area contributed by atoms with Crippen molar-refractivity contribution in [2.24, 2.45) is 0 Å². The predicted octanol–water partition coefficient (Wildman–Crippen LogP) is 5.20. The zero-order valence-electron chi connectivity index (χ0n) is 16.8. The molecule has 5 rings (SSSR count). The number of nitrogens with zero attached hydrogens (tertiary/aromatic N) is 2. The molecule has 0 spiro atoms. The minimum absolute atomic E-state index is 0.0231. The first kappa shape index (κ1) is 18.6. The van der Waals surface area contributed by atoms with Gasteiger partial charge in [0, 0.05) is 22.5 Å². The molecule has 0 bridgehead atoms. The summed E-state index contributed by atoms with van der Waals surface area (Å²) in [4.78, 5) is 16.4. The van der Waals surface area contributed by atoms with E-state index < -0.39 is 0 Å². The van der Waals surface area contributed by atoms with E-state index in [1.807, 2.05) is 35.2 Å². The molecule has 0 saturated carbocycles. The molecule has 0 fully saturated rings. The molecule has 4 aromatic rings. The number of rotatable bonds is 5. The summed E-state index contributed by atoms with van der Waals surface area (Å²) in [7, 11) is 1.65. The van der Waals surface area contributed by atoms with E-state index in [4.69, 9.17) is 4.74 Å². The van der Waals surface area contributed by atoms with E-state index >= 15 is 0 Å². The highest BCUT2D eigenvalue weighted by Gasteiger charge is 2.42. The number of thiophene rings is 1. The van der Waals surface area contributed by atoms with Crippen molar-refractivity contribution in [3.8, 4) is 17.0 Å². The number of carbonyl (C=O) groups excluding carboxylic acids is 1. The first-order chi connectivity index (χ1) is 14.7. The Morgan fingerprint density at radius 2 is 1.87 bits per heavy atom. The van der Waals surface area contributed by atoms with Crippen molar-refractivity contribution in [1.29, 1.82) is 0 Å². The molecular weight excluding hydrogens is 394 g/mol. The molecule has 1 unspecified atom stereocenters. The molecule has 150 valence electrons. The third-order valence-corrected chi connectivity index (χ3v) is 6.44. The third kappa shape index (κ3) is 3.09. The Morgan fingerprint density at radius 3 is 2.53 bits per heavy atom.